The highest BCUT2D eigenvalue weighted by Gasteiger charge is 2.04. The summed E-state index contributed by atoms with van der Waals surface area (Å²) >= 11 is 0. The maximum Gasteiger partial charge on any atom is 0.130 e. The molecule has 0 spiro atoms. The highest BCUT2D eigenvalue weighted by atomic mass is 16.5. The van der Waals surface area contributed by atoms with Crippen LogP contribution in [0.2, 0.25) is 0 Å². The molecule has 0 saturated heterocycles. The van der Waals surface area contributed by atoms with Crippen LogP contribution in [-0.2, 0) is 13.2 Å². The highest BCUT2D eigenvalue weighted by Crippen LogP contribution is 2.18. The summed E-state index contributed by atoms with van der Waals surface area (Å²) in [5.74, 6) is 0.846. The number of imidazole rings is 1. The second-order valence-corrected chi connectivity index (χ2v) is 4.73. The van der Waals surface area contributed by atoms with Crippen LogP contribution in [0.5, 0.6) is 5.75 Å². The molecule has 1 aromatic carbocycles. The fourth-order valence-electron chi connectivity index (χ4n) is 1.96. The monoisotopic (exact) mass is 259 g/mol. The van der Waals surface area contributed by atoms with Crippen LogP contribution in [0.25, 0.3) is 0 Å². The van der Waals surface area contributed by atoms with E-state index in [2.05, 4.69) is 16.5 Å². The van der Waals surface area contributed by atoms with Crippen LogP contribution in [0.15, 0.2) is 36.8 Å². The standard InChI is InChI=1S/C15H21N3O/c1-3-7-18-11-17-9-14(18)10-19-15-6-4-5-13(8-15)12(2)16/h4-6,8-9,11-12H,3,7,10,16H2,1-2H3/t12-/m0/s1. The molecule has 1 heterocycles. The van der Waals surface area contributed by atoms with Gasteiger partial charge in [-0.25, -0.2) is 4.98 Å². The van der Waals surface area contributed by atoms with Gasteiger partial charge in [0.1, 0.15) is 12.4 Å². The van der Waals surface area contributed by atoms with Crippen molar-refractivity contribution in [1.82, 2.24) is 9.55 Å². The van der Waals surface area contributed by atoms with Gasteiger partial charge in [0.05, 0.1) is 18.2 Å². The maximum absolute atomic E-state index is 5.87. The van der Waals surface area contributed by atoms with Crippen molar-refractivity contribution in [2.45, 2.75) is 39.5 Å². The molecule has 102 valence electrons. The Morgan fingerprint density at radius 1 is 1.42 bits per heavy atom. The summed E-state index contributed by atoms with van der Waals surface area (Å²) in [5, 5.41) is 0. The van der Waals surface area contributed by atoms with Crippen molar-refractivity contribution in [3.8, 4) is 5.75 Å². The molecule has 19 heavy (non-hydrogen) atoms. The summed E-state index contributed by atoms with van der Waals surface area (Å²) in [6.45, 7) is 5.62. The summed E-state index contributed by atoms with van der Waals surface area (Å²) < 4.78 is 7.93. The predicted molar refractivity (Wildman–Crippen MR) is 75.9 cm³/mol. The van der Waals surface area contributed by atoms with E-state index in [1.807, 2.05) is 43.7 Å². The van der Waals surface area contributed by atoms with E-state index < -0.39 is 0 Å². The van der Waals surface area contributed by atoms with E-state index in [4.69, 9.17) is 10.5 Å². The van der Waals surface area contributed by atoms with E-state index in [-0.39, 0.29) is 6.04 Å². The molecule has 0 aliphatic carbocycles. The molecule has 2 N–H and O–H groups in total. The summed E-state index contributed by atoms with van der Waals surface area (Å²) in [6.07, 6.45) is 4.79. The molecule has 0 aliphatic rings. The molecular formula is C15H21N3O. The van der Waals surface area contributed by atoms with Crippen molar-refractivity contribution in [1.29, 1.82) is 0 Å². The van der Waals surface area contributed by atoms with E-state index in [0.29, 0.717) is 6.61 Å². The van der Waals surface area contributed by atoms with Gasteiger partial charge in [0.15, 0.2) is 0 Å². The minimum absolute atomic E-state index is 0.0224. The summed E-state index contributed by atoms with van der Waals surface area (Å²) in [7, 11) is 0. The van der Waals surface area contributed by atoms with E-state index in [1.54, 1.807) is 0 Å². The van der Waals surface area contributed by atoms with Crippen LogP contribution in [-0.4, -0.2) is 9.55 Å². The number of hydrogen-bond acceptors (Lipinski definition) is 3. The second-order valence-electron chi connectivity index (χ2n) is 4.73. The topological polar surface area (TPSA) is 53.1 Å². The first-order chi connectivity index (χ1) is 9.20. The van der Waals surface area contributed by atoms with E-state index in [0.717, 1.165) is 30.0 Å². The fourth-order valence-corrected chi connectivity index (χ4v) is 1.96. The summed E-state index contributed by atoms with van der Waals surface area (Å²) in [4.78, 5) is 4.16. The minimum Gasteiger partial charge on any atom is -0.487 e. The zero-order chi connectivity index (χ0) is 13.7. The molecular weight excluding hydrogens is 238 g/mol. The molecule has 2 aromatic rings. The lowest BCUT2D eigenvalue weighted by molar-refractivity contribution is 0.294. The van der Waals surface area contributed by atoms with Gasteiger partial charge < -0.3 is 15.0 Å². The second kappa shape index (κ2) is 6.38. The van der Waals surface area contributed by atoms with Crippen molar-refractivity contribution >= 4 is 0 Å². The molecule has 0 bridgehead atoms. The van der Waals surface area contributed by atoms with Crippen LogP contribution in [0, 0.1) is 0 Å². The Kier molecular flexibility index (Phi) is 4.58. The van der Waals surface area contributed by atoms with Gasteiger partial charge in [0.2, 0.25) is 0 Å². The molecule has 0 fully saturated rings. The average Bonchev–Trinajstić information content (AvgIpc) is 2.85. The number of rotatable bonds is 6. The highest BCUT2D eigenvalue weighted by molar-refractivity contribution is 5.30. The molecule has 4 heteroatoms. The lowest BCUT2D eigenvalue weighted by Gasteiger charge is -2.11. The number of ether oxygens (including phenoxy) is 1. The van der Waals surface area contributed by atoms with Crippen molar-refractivity contribution in [2.75, 3.05) is 0 Å². The van der Waals surface area contributed by atoms with Gasteiger partial charge in [0, 0.05) is 12.6 Å². The lowest BCUT2D eigenvalue weighted by Crippen LogP contribution is -2.07. The smallest absolute Gasteiger partial charge is 0.130 e. The fraction of sp³-hybridized carbons (Fsp3) is 0.400. The third kappa shape index (κ3) is 3.58. The van der Waals surface area contributed by atoms with Crippen molar-refractivity contribution in [3.63, 3.8) is 0 Å². The van der Waals surface area contributed by atoms with Gasteiger partial charge >= 0.3 is 0 Å². The van der Waals surface area contributed by atoms with Gasteiger partial charge in [-0.05, 0) is 31.0 Å². The molecule has 0 unspecified atom stereocenters. The zero-order valence-electron chi connectivity index (χ0n) is 11.5. The number of aryl methyl sites for hydroxylation is 1. The molecule has 2 rings (SSSR count). The quantitative estimate of drug-likeness (QED) is 0.867. The number of hydrogen-bond donors (Lipinski definition) is 1. The Hall–Kier alpha value is -1.81. The van der Waals surface area contributed by atoms with Crippen molar-refractivity contribution < 1.29 is 4.74 Å². The van der Waals surface area contributed by atoms with Crippen LogP contribution in [0.3, 0.4) is 0 Å². The molecule has 0 saturated carbocycles. The Morgan fingerprint density at radius 3 is 3.00 bits per heavy atom. The zero-order valence-corrected chi connectivity index (χ0v) is 11.5. The van der Waals surface area contributed by atoms with Crippen LogP contribution < -0.4 is 10.5 Å². The third-order valence-corrected chi connectivity index (χ3v) is 3.03. The Morgan fingerprint density at radius 2 is 2.26 bits per heavy atom. The summed E-state index contributed by atoms with van der Waals surface area (Å²) in [6, 6.07) is 7.95. The normalized spacial score (nSPS) is 12.4. The number of benzene rings is 1. The third-order valence-electron chi connectivity index (χ3n) is 3.03. The molecule has 0 aliphatic heterocycles. The van der Waals surface area contributed by atoms with E-state index in [9.17, 15) is 0 Å². The van der Waals surface area contributed by atoms with E-state index >= 15 is 0 Å². The number of aromatic nitrogens is 2. The van der Waals surface area contributed by atoms with E-state index in [1.165, 1.54) is 0 Å². The van der Waals surface area contributed by atoms with Gasteiger partial charge in [-0.1, -0.05) is 19.1 Å². The summed E-state index contributed by atoms with van der Waals surface area (Å²) in [5.41, 5.74) is 8.04. The first-order valence-electron chi connectivity index (χ1n) is 6.68. The number of nitrogens with two attached hydrogens (primary N) is 1. The Labute approximate surface area is 114 Å². The first kappa shape index (κ1) is 13.6. The molecule has 1 aromatic heterocycles. The van der Waals surface area contributed by atoms with Crippen LogP contribution in [0.1, 0.15) is 37.6 Å². The van der Waals surface area contributed by atoms with Gasteiger partial charge in [-0.3, -0.25) is 0 Å². The first-order valence-corrected chi connectivity index (χ1v) is 6.68. The molecule has 0 radical (unpaired) electrons. The number of nitrogens with zero attached hydrogens (tertiary/aromatic N) is 2. The molecule has 1 atom stereocenters. The lowest BCUT2D eigenvalue weighted by atomic mass is 10.1. The Bertz CT molecular complexity index is 520. The maximum atomic E-state index is 5.87. The molecule has 4 nitrogen and oxygen atoms in total. The SMILES string of the molecule is CCCn1cncc1COc1cccc([C@H](C)N)c1. The van der Waals surface area contributed by atoms with Crippen molar-refractivity contribution in [3.05, 3.63) is 48.0 Å². The van der Waals surface area contributed by atoms with Crippen LogP contribution in [0.4, 0.5) is 0 Å². The Balaban J connectivity index is 2.02. The largest absolute Gasteiger partial charge is 0.487 e. The van der Waals surface area contributed by atoms with Gasteiger partial charge in [-0.15, -0.1) is 0 Å². The van der Waals surface area contributed by atoms with Gasteiger partial charge in [0.25, 0.3) is 0 Å². The van der Waals surface area contributed by atoms with Crippen molar-refractivity contribution in [2.24, 2.45) is 5.73 Å². The minimum atomic E-state index is 0.0224. The average molecular weight is 259 g/mol. The van der Waals surface area contributed by atoms with Crippen LogP contribution >= 0.6 is 0 Å². The van der Waals surface area contributed by atoms with Gasteiger partial charge in [-0.2, -0.15) is 0 Å². The predicted octanol–water partition coefficient (Wildman–Crippen LogP) is 2.89. The molecule has 0 amide bonds.